The molecule has 0 spiro atoms. The van der Waals surface area contributed by atoms with Crippen LogP contribution in [-0.2, 0) is 30.8 Å². The van der Waals surface area contributed by atoms with Gasteiger partial charge in [-0.3, -0.25) is 0 Å². The van der Waals surface area contributed by atoms with Crippen LogP contribution < -0.4 is 10.4 Å². The van der Waals surface area contributed by atoms with Crippen LogP contribution in [0.1, 0.15) is 36.5 Å². The first-order valence-electron chi connectivity index (χ1n) is 21.2. The van der Waals surface area contributed by atoms with Gasteiger partial charge >= 0.3 is 53.5 Å². The van der Waals surface area contributed by atoms with Crippen LogP contribution in [0.25, 0.3) is 66.4 Å². The number of hydrogen-bond acceptors (Lipinski definition) is 2. The topological polar surface area (TPSA) is 26.3 Å². The molecule has 0 atom stereocenters. The molecular weight excluding hydrogens is 903 g/mol. The van der Waals surface area contributed by atoms with Gasteiger partial charge in [-0.1, -0.05) is 146 Å². The molecule has 2 nitrogen and oxygen atoms in total. The fraction of sp³-hybridized carbons (Fsp3) is 0.269. The molecule has 0 saturated carbocycles. The van der Waals surface area contributed by atoms with Gasteiger partial charge in [0.25, 0.3) is 0 Å². The number of halogens is 2. The summed E-state index contributed by atoms with van der Waals surface area (Å²) in [6.07, 6.45) is 2.06. The Hall–Kier alpha value is -3.23. The minimum atomic E-state index is -1.65. The molecule has 312 valence electrons. The molecule has 0 amide bonds. The van der Waals surface area contributed by atoms with Crippen LogP contribution in [0, 0.1) is 13.8 Å². The number of furan rings is 2. The van der Waals surface area contributed by atoms with E-state index in [0.29, 0.717) is 0 Å². The molecule has 8 rings (SSSR count). The Morgan fingerprint density at radius 3 is 1.15 bits per heavy atom. The summed E-state index contributed by atoms with van der Waals surface area (Å²) in [6.45, 7) is 27.2. The molecule has 0 aliphatic heterocycles. The van der Waals surface area contributed by atoms with Crippen LogP contribution in [0.2, 0.25) is 52.4 Å². The molecule has 0 radical (unpaired) electrons. The third-order valence-corrected chi connectivity index (χ3v) is 35.1. The molecule has 0 bridgehead atoms. The van der Waals surface area contributed by atoms with Crippen molar-refractivity contribution in [2.45, 2.75) is 92.9 Å². The second-order valence-electron chi connectivity index (χ2n) is 18.1. The van der Waals surface area contributed by atoms with Crippen molar-refractivity contribution in [3.8, 4) is 44.9 Å². The summed E-state index contributed by atoms with van der Waals surface area (Å²) in [6, 6.07) is 44.9. The van der Waals surface area contributed by atoms with E-state index in [9.17, 15) is 0 Å². The maximum atomic E-state index is 5.86. The molecule has 0 fully saturated rings. The van der Waals surface area contributed by atoms with Crippen LogP contribution in [0.5, 0.6) is 0 Å². The molecule has 0 N–H and O–H groups in total. The first-order valence-corrected chi connectivity index (χ1v) is 40.7. The van der Waals surface area contributed by atoms with E-state index in [0.717, 1.165) is 47.0 Å². The fourth-order valence-electron chi connectivity index (χ4n) is 7.66. The van der Waals surface area contributed by atoms with Gasteiger partial charge in [0.1, 0.15) is 0 Å². The van der Waals surface area contributed by atoms with Gasteiger partial charge in [-0.2, -0.15) is 0 Å². The number of aryl methyl sites for hydroxylation is 4. The van der Waals surface area contributed by atoms with Crippen molar-refractivity contribution >= 4 is 70.5 Å². The standard InChI is InChI=1S/2C25H27OSi.C2H6Si.2ClH.Zr/c2*1-6-18-8-9-20-15-21(24-14-7-17(2)26-24)16-23(20)25(18)19-10-12-22(13-11-19)27(3,4)5;1-3-2;;;/h2*7-16H,6H2,1-5H3;1-2H3;2*1H;/q2*-1;;;;+2/p-2. The van der Waals surface area contributed by atoms with Crippen molar-refractivity contribution < 1.29 is 26.8 Å². The van der Waals surface area contributed by atoms with E-state index < -0.39 is 34.1 Å². The number of hydrogen-bond donors (Lipinski definition) is 0. The normalized spacial score (nSPS) is 11.6. The molecule has 0 saturated heterocycles. The molecule has 0 unspecified atom stereocenters. The molecule has 8 aromatic rings. The maximum absolute atomic E-state index is 5.86. The number of benzene rings is 4. The summed E-state index contributed by atoms with van der Waals surface area (Å²) in [5.41, 5.74) is 10.3. The quantitative estimate of drug-likeness (QED) is 0.112. The Labute approximate surface area is 376 Å². The summed E-state index contributed by atoms with van der Waals surface area (Å²) in [5, 5.41) is 8.20. The molecular formula is C52H60Cl2O2Si3Zr-2. The monoisotopic (exact) mass is 960 g/mol. The summed E-state index contributed by atoms with van der Waals surface area (Å²) < 4.78 is 11.7. The second kappa shape index (κ2) is 19.4. The Morgan fingerprint density at radius 1 is 0.533 bits per heavy atom. The summed E-state index contributed by atoms with van der Waals surface area (Å²) in [5.74, 6) is 3.79. The van der Waals surface area contributed by atoms with Gasteiger partial charge in [0, 0.05) is 0 Å². The van der Waals surface area contributed by atoms with Crippen LogP contribution in [0.15, 0.2) is 130 Å². The molecule has 2 heterocycles. The Bertz CT molecular complexity index is 2550. The third-order valence-electron chi connectivity index (χ3n) is 11.2. The molecule has 8 heteroatoms. The van der Waals surface area contributed by atoms with Crippen molar-refractivity contribution in [3.05, 3.63) is 144 Å². The van der Waals surface area contributed by atoms with Gasteiger partial charge in [0.15, 0.2) is 0 Å². The van der Waals surface area contributed by atoms with E-state index in [4.69, 9.17) is 25.9 Å². The second-order valence-corrected chi connectivity index (χ2v) is 51.3. The minimum absolute atomic E-state index is 0.224. The first kappa shape index (κ1) is 46.3. The van der Waals surface area contributed by atoms with Crippen molar-refractivity contribution in [1.82, 2.24) is 0 Å². The zero-order valence-electron chi connectivity index (χ0n) is 37.5. The summed E-state index contributed by atoms with van der Waals surface area (Å²) in [4.78, 5) is 0. The van der Waals surface area contributed by atoms with Gasteiger partial charge in [0.05, 0.1) is 39.2 Å². The van der Waals surface area contributed by atoms with E-state index in [2.05, 4.69) is 175 Å². The van der Waals surface area contributed by atoms with Gasteiger partial charge in [-0.15, -0.1) is 57.9 Å². The van der Waals surface area contributed by atoms with Crippen molar-refractivity contribution in [2.24, 2.45) is 0 Å². The predicted octanol–water partition coefficient (Wildman–Crippen LogP) is 16.0. The van der Waals surface area contributed by atoms with Gasteiger partial charge in [0.2, 0.25) is 0 Å². The number of fused-ring (bicyclic) bond motifs is 2. The Morgan fingerprint density at radius 2 is 0.883 bits per heavy atom. The van der Waals surface area contributed by atoms with E-state index >= 15 is 0 Å². The van der Waals surface area contributed by atoms with Gasteiger partial charge in [-0.05, 0) is 73.2 Å². The Balaban J connectivity index is 0.000000177. The van der Waals surface area contributed by atoms with Crippen molar-refractivity contribution in [1.29, 1.82) is 0 Å². The fourth-order valence-corrected chi connectivity index (χ4v) is 10.00. The summed E-state index contributed by atoms with van der Waals surface area (Å²) >= 11 is -1.65. The third kappa shape index (κ3) is 10.9. The van der Waals surface area contributed by atoms with E-state index in [1.165, 1.54) is 65.3 Å². The van der Waals surface area contributed by atoms with Crippen molar-refractivity contribution in [3.63, 3.8) is 0 Å². The van der Waals surface area contributed by atoms with Gasteiger partial charge in [-0.25, -0.2) is 0 Å². The average molecular weight is 963 g/mol. The van der Waals surface area contributed by atoms with Crippen LogP contribution in [-0.4, -0.2) is 21.6 Å². The molecule has 0 aliphatic carbocycles. The van der Waals surface area contributed by atoms with Crippen LogP contribution in [0.3, 0.4) is 0 Å². The van der Waals surface area contributed by atoms with E-state index in [1.54, 1.807) is 0 Å². The zero-order chi connectivity index (χ0) is 43.5. The predicted molar refractivity (Wildman–Crippen MR) is 269 cm³/mol. The SMILES string of the molecule is CCc1ccc2[cH-]c(-c3ccc(C)o3)cc2c1-c1ccc([Si](C)(C)C)cc1.CCc1ccc2[cH-]c(-c3ccc(C)o3)cc2c1-c1ccc([Si](C)(C)C)cc1.C[Si](C)=[Zr]([Cl])[Cl]. The number of rotatable bonds is 8. The van der Waals surface area contributed by atoms with Crippen molar-refractivity contribution in [2.75, 3.05) is 0 Å². The van der Waals surface area contributed by atoms with Gasteiger partial charge < -0.3 is 8.83 Å². The zero-order valence-corrected chi connectivity index (χ0v) is 44.5. The van der Waals surface area contributed by atoms with Crippen LogP contribution in [0.4, 0.5) is 0 Å². The molecule has 6 aromatic carbocycles. The molecule has 2 aromatic heterocycles. The van der Waals surface area contributed by atoms with E-state index in [-0.39, 0.29) is 5.43 Å². The molecule has 60 heavy (non-hydrogen) atoms. The van der Waals surface area contributed by atoms with E-state index in [1.807, 2.05) is 26.0 Å². The Kier molecular flexibility index (Phi) is 15.0. The molecule has 0 aliphatic rings. The average Bonchev–Trinajstić information content (AvgIpc) is 4.03. The summed E-state index contributed by atoms with van der Waals surface area (Å²) in [7, 11) is 8.67. The first-order chi connectivity index (χ1) is 28.4. The van der Waals surface area contributed by atoms with Crippen LogP contribution >= 0.6 is 17.0 Å².